The van der Waals surface area contributed by atoms with Gasteiger partial charge in [-0.05, 0) is 26.0 Å². The van der Waals surface area contributed by atoms with Gasteiger partial charge in [-0.25, -0.2) is 0 Å². The minimum absolute atomic E-state index is 0. The van der Waals surface area contributed by atoms with Gasteiger partial charge in [-0.15, -0.1) is 12.4 Å². The van der Waals surface area contributed by atoms with Crippen LogP contribution in [0.5, 0.6) is 0 Å². The van der Waals surface area contributed by atoms with E-state index in [1.54, 1.807) is 0 Å². The highest BCUT2D eigenvalue weighted by Crippen LogP contribution is 2.03. The van der Waals surface area contributed by atoms with E-state index in [0.717, 1.165) is 13.1 Å². The molecule has 0 aliphatic rings. The van der Waals surface area contributed by atoms with Crippen LogP contribution in [0, 0.1) is 0 Å². The van der Waals surface area contributed by atoms with E-state index in [9.17, 15) is 4.79 Å². The van der Waals surface area contributed by atoms with E-state index in [4.69, 9.17) is 5.73 Å². The van der Waals surface area contributed by atoms with E-state index in [0.29, 0.717) is 6.42 Å². The second kappa shape index (κ2) is 9.75. The molecule has 5 heteroatoms. The Labute approximate surface area is 128 Å². The summed E-state index contributed by atoms with van der Waals surface area (Å²) in [4.78, 5) is 13.9. The fourth-order valence-corrected chi connectivity index (χ4v) is 2.01. The molecule has 0 spiro atoms. The Morgan fingerprint density at radius 3 is 2.50 bits per heavy atom. The first-order chi connectivity index (χ1) is 9.02. The molecule has 4 nitrogen and oxygen atoms in total. The van der Waals surface area contributed by atoms with Crippen LogP contribution in [-0.2, 0) is 11.3 Å². The van der Waals surface area contributed by atoms with Crippen LogP contribution in [-0.4, -0.2) is 36.5 Å². The van der Waals surface area contributed by atoms with Crippen LogP contribution in [0.2, 0.25) is 0 Å². The third-order valence-corrected chi connectivity index (χ3v) is 3.05. The third kappa shape index (κ3) is 6.89. The van der Waals surface area contributed by atoms with Crippen molar-refractivity contribution in [2.24, 2.45) is 5.73 Å². The standard InChI is InChI=1S/C15H25N3O.ClH/c1-4-14(16)15(19)17-12(2)10-18(3)11-13-8-6-5-7-9-13;/h5-9,12,14H,4,10-11,16H2,1-3H3,(H,17,19);1H/t12?,14-;/m0./s1. The van der Waals surface area contributed by atoms with E-state index < -0.39 is 6.04 Å². The van der Waals surface area contributed by atoms with Crippen LogP contribution in [0.15, 0.2) is 30.3 Å². The molecule has 1 unspecified atom stereocenters. The van der Waals surface area contributed by atoms with Gasteiger partial charge in [0.05, 0.1) is 6.04 Å². The summed E-state index contributed by atoms with van der Waals surface area (Å²) < 4.78 is 0. The summed E-state index contributed by atoms with van der Waals surface area (Å²) in [5, 5.41) is 2.94. The maximum atomic E-state index is 11.7. The fourth-order valence-electron chi connectivity index (χ4n) is 2.01. The molecular weight excluding hydrogens is 274 g/mol. The van der Waals surface area contributed by atoms with Crippen LogP contribution in [0.25, 0.3) is 0 Å². The summed E-state index contributed by atoms with van der Waals surface area (Å²) in [5.41, 5.74) is 6.97. The lowest BCUT2D eigenvalue weighted by molar-refractivity contribution is -0.123. The first-order valence-corrected chi connectivity index (χ1v) is 6.81. The lowest BCUT2D eigenvalue weighted by atomic mass is 10.2. The van der Waals surface area contributed by atoms with E-state index in [1.165, 1.54) is 5.56 Å². The summed E-state index contributed by atoms with van der Waals surface area (Å²) in [6, 6.07) is 9.99. The molecule has 1 aromatic rings. The predicted molar refractivity (Wildman–Crippen MR) is 85.9 cm³/mol. The summed E-state index contributed by atoms with van der Waals surface area (Å²) in [6.45, 7) is 5.59. The maximum Gasteiger partial charge on any atom is 0.237 e. The molecule has 0 aromatic heterocycles. The van der Waals surface area contributed by atoms with Gasteiger partial charge in [-0.1, -0.05) is 37.3 Å². The third-order valence-electron chi connectivity index (χ3n) is 3.05. The molecule has 3 N–H and O–H groups in total. The molecule has 1 amide bonds. The molecule has 114 valence electrons. The van der Waals surface area contributed by atoms with Gasteiger partial charge in [0, 0.05) is 19.1 Å². The van der Waals surface area contributed by atoms with Gasteiger partial charge in [0.2, 0.25) is 5.91 Å². The largest absolute Gasteiger partial charge is 0.351 e. The predicted octanol–water partition coefficient (Wildman–Crippen LogP) is 1.78. The molecule has 0 fully saturated rings. The molecule has 0 aliphatic carbocycles. The molecule has 0 radical (unpaired) electrons. The van der Waals surface area contributed by atoms with Gasteiger partial charge < -0.3 is 16.0 Å². The summed E-state index contributed by atoms with van der Waals surface area (Å²) >= 11 is 0. The van der Waals surface area contributed by atoms with Crippen molar-refractivity contribution in [2.75, 3.05) is 13.6 Å². The minimum Gasteiger partial charge on any atom is -0.351 e. The quantitative estimate of drug-likeness (QED) is 0.807. The number of benzene rings is 1. The maximum absolute atomic E-state index is 11.7. The Kier molecular flexibility index (Phi) is 9.21. The number of nitrogens with one attached hydrogen (secondary N) is 1. The first kappa shape index (κ1) is 18.9. The first-order valence-electron chi connectivity index (χ1n) is 6.81. The lowest BCUT2D eigenvalue weighted by Crippen LogP contribution is -2.47. The van der Waals surface area contributed by atoms with E-state index in [-0.39, 0.29) is 24.4 Å². The van der Waals surface area contributed by atoms with Gasteiger partial charge in [-0.2, -0.15) is 0 Å². The highest BCUT2D eigenvalue weighted by Gasteiger charge is 2.14. The number of amides is 1. The zero-order valence-electron chi connectivity index (χ0n) is 12.5. The second-order valence-electron chi connectivity index (χ2n) is 5.11. The van der Waals surface area contributed by atoms with E-state index in [2.05, 4.69) is 29.4 Å². The lowest BCUT2D eigenvalue weighted by Gasteiger charge is -2.23. The van der Waals surface area contributed by atoms with Gasteiger partial charge in [0.25, 0.3) is 0 Å². The Morgan fingerprint density at radius 2 is 1.95 bits per heavy atom. The number of hydrogen-bond acceptors (Lipinski definition) is 3. The van der Waals surface area contributed by atoms with Crippen molar-refractivity contribution in [3.05, 3.63) is 35.9 Å². The highest BCUT2D eigenvalue weighted by molar-refractivity contribution is 5.85. The van der Waals surface area contributed by atoms with Gasteiger partial charge >= 0.3 is 0 Å². The Morgan fingerprint density at radius 1 is 1.35 bits per heavy atom. The summed E-state index contributed by atoms with van der Waals surface area (Å²) in [6.07, 6.45) is 0.665. The molecule has 0 saturated heterocycles. The van der Waals surface area contributed by atoms with E-state index >= 15 is 0 Å². The zero-order valence-corrected chi connectivity index (χ0v) is 13.3. The minimum atomic E-state index is -0.401. The molecule has 2 atom stereocenters. The summed E-state index contributed by atoms with van der Waals surface area (Å²) in [5.74, 6) is -0.0666. The molecule has 1 rings (SSSR count). The molecule has 0 heterocycles. The van der Waals surface area contributed by atoms with Gasteiger partial charge in [-0.3, -0.25) is 4.79 Å². The number of carbonyl (C=O) groups is 1. The zero-order chi connectivity index (χ0) is 14.3. The smallest absolute Gasteiger partial charge is 0.237 e. The van der Waals surface area contributed by atoms with Gasteiger partial charge in [0.1, 0.15) is 0 Å². The van der Waals surface area contributed by atoms with Crippen LogP contribution < -0.4 is 11.1 Å². The van der Waals surface area contributed by atoms with Crippen LogP contribution in [0.3, 0.4) is 0 Å². The van der Waals surface area contributed by atoms with Crippen molar-refractivity contribution in [1.29, 1.82) is 0 Å². The Bertz CT molecular complexity index is 386. The van der Waals surface area contributed by atoms with Crippen molar-refractivity contribution in [1.82, 2.24) is 10.2 Å². The molecule has 0 saturated carbocycles. The summed E-state index contributed by atoms with van der Waals surface area (Å²) in [7, 11) is 2.05. The second-order valence-corrected chi connectivity index (χ2v) is 5.11. The number of likely N-dealkylation sites (N-methyl/N-ethyl adjacent to an activating group) is 1. The average molecular weight is 300 g/mol. The molecule has 1 aromatic carbocycles. The number of halogens is 1. The fraction of sp³-hybridized carbons (Fsp3) is 0.533. The van der Waals surface area contributed by atoms with Crippen molar-refractivity contribution >= 4 is 18.3 Å². The van der Waals surface area contributed by atoms with Crippen molar-refractivity contribution < 1.29 is 4.79 Å². The van der Waals surface area contributed by atoms with Crippen LogP contribution >= 0.6 is 12.4 Å². The molecule has 0 bridgehead atoms. The van der Waals surface area contributed by atoms with Crippen molar-refractivity contribution in [3.63, 3.8) is 0 Å². The number of nitrogens with zero attached hydrogens (tertiary/aromatic N) is 1. The number of carbonyl (C=O) groups excluding carboxylic acids is 1. The highest BCUT2D eigenvalue weighted by atomic mass is 35.5. The Hall–Kier alpha value is -1.10. The molecule has 0 aliphatic heterocycles. The van der Waals surface area contributed by atoms with Gasteiger partial charge in [0.15, 0.2) is 0 Å². The normalized spacial score (nSPS) is 13.4. The number of rotatable bonds is 7. The van der Waals surface area contributed by atoms with Crippen LogP contribution in [0.4, 0.5) is 0 Å². The van der Waals surface area contributed by atoms with Crippen molar-refractivity contribution in [2.45, 2.75) is 38.9 Å². The monoisotopic (exact) mass is 299 g/mol. The SMILES string of the molecule is CC[C@H](N)C(=O)NC(C)CN(C)Cc1ccccc1.Cl. The molecule has 20 heavy (non-hydrogen) atoms. The van der Waals surface area contributed by atoms with Crippen LogP contribution in [0.1, 0.15) is 25.8 Å². The Balaban J connectivity index is 0.00000361. The molecular formula is C15H26ClN3O. The number of hydrogen-bond donors (Lipinski definition) is 2. The average Bonchev–Trinajstić information content (AvgIpc) is 2.38. The topological polar surface area (TPSA) is 58.4 Å². The van der Waals surface area contributed by atoms with E-state index in [1.807, 2.05) is 32.0 Å². The van der Waals surface area contributed by atoms with Crippen molar-refractivity contribution in [3.8, 4) is 0 Å². The number of nitrogens with two attached hydrogens (primary N) is 1.